The summed E-state index contributed by atoms with van der Waals surface area (Å²) in [7, 11) is 1.85. The van der Waals surface area contributed by atoms with E-state index in [4.69, 9.17) is 0 Å². The molecule has 4 heterocycles. The van der Waals surface area contributed by atoms with Gasteiger partial charge in [-0.2, -0.15) is 5.10 Å². The lowest BCUT2D eigenvalue weighted by Crippen LogP contribution is -2.48. The number of carbonyl (C=O) groups excluding carboxylic acids is 1. The molecular weight excluding hydrogens is 360 g/mol. The van der Waals surface area contributed by atoms with Crippen molar-refractivity contribution in [3.63, 3.8) is 0 Å². The molecule has 0 aromatic carbocycles. The number of aromatic nitrogens is 4. The minimum absolute atomic E-state index is 0.0821. The van der Waals surface area contributed by atoms with E-state index in [2.05, 4.69) is 39.1 Å². The first-order valence-corrected chi connectivity index (χ1v) is 10.0. The molecule has 0 bridgehead atoms. The topological polar surface area (TPSA) is 75.9 Å². The summed E-state index contributed by atoms with van der Waals surface area (Å²) in [5.41, 5.74) is 2.69. The molecule has 1 aliphatic rings. The zero-order valence-electron chi connectivity index (χ0n) is 16.1. The summed E-state index contributed by atoms with van der Waals surface area (Å²) in [6.45, 7) is 7.89. The van der Waals surface area contributed by atoms with Gasteiger partial charge in [-0.25, -0.2) is 9.97 Å². The van der Waals surface area contributed by atoms with E-state index >= 15 is 0 Å². The molecule has 1 atom stereocenters. The quantitative estimate of drug-likeness (QED) is 0.751. The van der Waals surface area contributed by atoms with Crippen molar-refractivity contribution in [2.24, 2.45) is 7.05 Å². The normalized spacial score (nSPS) is 17.5. The summed E-state index contributed by atoms with van der Waals surface area (Å²) in [5.74, 6) is 0.871. The van der Waals surface area contributed by atoms with Crippen LogP contribution < -0.4 is 10.2 Å². The molecule has 1 unspecified atom stereocenters. The SMILES string of the molecule is Cc1sc2ncnc(N3CCCC(NC(=O)c4cc(C)n(C)n4)C3)c2c1C. The van der Waals surface area contributed by atoms with Gasteiger partial charge in [0.15, 0.2) is 0 Å². The van der Waals surface area contributed by atoms with Gasteiger partial charge < -0.3 is 10.2 Å². The van der Waals surface area contributed by atoms with Crippen LogP contribution in [0.5, 0.6) is 0 Å². The number of nitrogens with zero attached hydrogens (tertiary/aromatic N) is 5. The fourth-order valence-corrected chi connectivity index (χ4v) is 4.61. The molecule has 3 aromatic heterocycles. The predicted molar refractivity (Wildman–Crippen MR) is 108 cm³/mol. The summed E-state index contributed by atoms with van der Waals surface area (Å²) >= 11 is 1.71. The zero-order chi connectivity index (χ0) is 19.1. The third-order valence-corrected chi connectivity index (χ3v) is 6.46. The molecule has 142 valence electrons. The predicted octanol–water partition coefficient (Wildman–Crippen LogP) is 2.75. The van der Waals surface area contributed by atoms with E-state index in [0.29, 0.717) is 5.69 Å². The minimum atomic E-state index is -0.110. The minimum Gasteiger partial charge on any atom is -0.354 e. The second-order valence-corrected chi connectivity index (χ2v) is 8.42. The molecule has 1 amide bonds. The van der Waals surface area contributed by atoms with Crippen LogP contribution in [0.25, 0.3) is 10.2 Å². The lowest BCUT2D eigenvalue weighted by Gasteiger charge is -2.34. The zero-order valence-corrected chi connectivity index (χ0v) is 16.9. The highest BCUT2D eigenvalue weighted by molar-refractivity contribution is 7.18. The van der Waals surface area contributed by atoms with E-state index in [9.17, 15) is 4.79 Å². The fraction of sp³-hybridized carbons (Fsp3) is 0.474. The van der Waals surface area contributed by atoms with Crippen LogP contribution in [0.15, 0.2) is 12.4 Å². The van der Waals surface area contributed by atoms with E-state index < -0.39 is 0 Å². The Hall–Kier alpha value is -2.48. The van der Waals surface area contributed by atoms with Crippen LogP contribution in [0.2, 0.25) is 0 Å². The Morgan fingerprint density at radius 2 is 2.11 bits per heavy atom. The first kappa shape index (κ1) is 17.9. The van der Waals surface area contributed by atoms with Crippen LogP contribution in [-0.4, -0.2) is 44.8 Å². The summed E-state index contributed by atoms with van der Waals surface area (Å²) in [5, 5.41) is 8.57. The van der Waals surface area contributed by atoms with Gasteiger partial charge in [0, 0.05) is 36.8 Å². The van der Waals surface area contributed by atoms with Crippen molar-refractivity contribution in [3.05, 3.63) is 34.2 Å². The molecule has 1 fully saturated rings. The Labute approximate surface area is 162 Å². The largest absolute Gasteiger partial charge is 0.354 e. The molecule has 1 N–H and O–H groups in total. The number of amides is 1. The molecule has 7 nitrogen and oxygen atoms in total. The van der Waals surface area contributed by atoms with Crippen LogP contribution in [-0.2, 0) is 7.05 Å². The molecule has 1 aliphatic heterocycles. The van der Waals surface area contributed by atoms with Gasteiger partial charge >= 0.3 is 0 Å². The summed E-state index contributed by atoms with van der Waals surface area (Å²) in [6.07, 6.45) is 3.62. The van der Waals surface area contributed by atoms with Crippen LogP contribution in [0.3, 0.4) is 0 Å². The first-order valence-electron chi connectivity index (χ1n) is 9.21. The van der Waals surface area contributed by atoms with Gasteiger partial charge in [0.2, 0.25) is 0 Å². The smallest absolute Gasteiger partial charge is 0.272 e. The van der Waals surface area contributed by atoms with Crippen LogP contribution >= 0.6 is 11.3 Å². The van der Waals surface area contributed by atoms with Crippen molar-refractivity contribution in [1.29, 1.82) is 0 Å². The van der Waals surface area contributed by atoms with Crippen molar-refractivity contribution in [2.75, 3.05) is 18.0 Å². The number of piperidine rings is 1. The number of thiophene rings is 1. The Morgan fingerprint density at radius 3 is 2.85 bits per heavy atom. The average Bonchev–Trinajstić information content (AvgIpc) is 3.14. The standard InChI is InChI=1S/C19H24N6OS/c1-11-8-15(23-24(11)4)18(26)22-14-6-5-7-25(9-14)17-16-12(2)13(3)27-19(16)21-10-20-17/h8,10,14H,5-7,9H2,1-4H3,(H,22,26). The summed E-state index contributed by atoms with van der Waals surface area (Å²) < 4.78 is 1.72. The third-order valence-electron chi connectivity index (χ3n) is 5.35. The molecule has 0 saturated carbocycles. The molecule has 0 radical (unpaired) electrons. The third kappa shape index (κ3) is 3.29. The number of carbonyl (C=O) groups is 1. The maximum Gasteiger partial charge on any atom is 0.272 e. The number of aryl methyl sites for hydroxylation is 4. The van der Waals surface area contributed by atoms with Gasteiger partial charge in [-0.3, -0.25) is 9.48 Å². The second kappa shape index (κ2) is 6.92. The number of hydrogen-bond donors (Lipinski definition) is 1. The number of nitrogens with one attached hydrogen (secondary N) is 1. The van der Waals surface area contributed by atoms with Crippen LogP contribution in [0, 0.1) is 20.8 Å². The van der Waals surface area contributed by atoms with Crippen LogP contribution in [0.1, 0.15) is 39.5 Å². The maximum atomic E-state index is 12.6. The first-order chi connectivity index (χ1) is 12.9. The Balaban J connectivity index is 1.54. The summed E-state index contributed by atoms with van der Waals surface area (Å²) in [4.78, 5) is 26.2. The molecule has 4 rings (SSSR count). The van der Waals surface area contributed by atoms with Gasteiger partial charge in [0.25, 0.3) is 5.91 Å². The van der Waals surface area contributed by atoms with Gasteiger partial charge in [-0.1, -0.05) is 0 Å². The Bertz CT molecular complexity index is 988. The fourth-order valence-electron chi connectivity index (χ4n) is 3.62. The molecule has 0 aliphatic carbocycles. The van der Waals surface area contributed by atoms with Crippen molar-refractivity contribution in [3.8, 4) is 0 Å². The van der Waals surface area contributed by atoms with E-state index in [1.165, 1.54) is 10.4 Å². The highest BCUT2D eigenvalue weighted by atomic mass is 32.1. The van der Waals surface area contributed by atoms with Crippen molar-refractivity contribution in [2.45, 2.75) is 39.7 Å². The van der Waals surface area contributed by atoms with Gasteiger partial charge in [0.05, 0.1) is 5.39 Å². The number of hydrogen-bond acceptors (Lipinski definition) is 6. The second-order valence-electron chi connectivity index (χ2n) is 7.21. The monoisotopic (exact) mass is 384 g/mol. The molecule has 27 heavy (non-hydrogen) atoms. The lowest BCUT2D eigenvalue weighted by molar-refractivity contribution is 0.0927. The maximum absolute atomic E-state index is 12.6. The van der Waals surface area contributed by atoms with E-state index in [1.54, 1.807) is 22.3 Å². The average molecular weight is 385 g/mol. The molecule has 3 aromatic rings. The molecule has 1 saturated heterocycles. The Kier molecular flexibility index (Phi) is 4.59. The van der Waals surface area contributed by atoms with Crippen LogP contribution in [0.4, 0.5) is 5.82 Å². The van der Waals surface area contributed by atoms with Gasteiger partial charge in [0.1, 0.15) is 22.7 Å². The number of rotatable bonds is 3. The highest BCUT2D eigenvalue weighted by Crippen LogP contribution is 2.35. The Morgan fingerprint density at radius 1 is 1.30 bits per heavy atom. The van der Waals surface area contributed by atoms with Crippen molar-refractivity contribution >= 4 is 33.3 Å². The van der Waals surface area contributed by atoms with Crippen molar-refractivity contribution < 1.29 is 4.79 Å². The van der Waals surface area contributed by atoms with Gasteiger partial charge in [-0.05, 0) is 45.2 Å². The molecule has 0 spiro atoms. The molecule has 8 heteroatoms. The van der Waals surface area contributed by atoms with Crippen molar-refractivity contribution in [1.82, 2.24) is 25.1 Å². The van der Waals surface area contributed by atoms with Gasteiger partial charge in [-0.15, -0.1) is 11.3 Å². The van der Waals surface area contributed by atoms with E-state index in [-0.39, 0.29) is 11.9 Å². The number of anilines is 1. The molecular formula is C19H24N6OS. The highest BCUT2D eigenvalue weighted by Gasteiger charge is 2.26. The summed E-state index contributed by atoms with van der Waals surface area (Å²) in [6, 6.07) is 1.90. The van der Waals surface area contributed by atoms with E-state index in [1.807, 2.05) is 20.0 Å². The number of fused-ring (bicyclic) bond motifs is 1. The lowest BCUT2D eigenvalue weighted by atomic mass is 10.0. The van der Waals surface area contributed by atoms with E-state index in [0.717, 1.165) is 47.7 Å².